The van der Waals surface area contributed by atoms with Gasteiger partial charge in [-0.2, -0.15) is 0 Å². The Morgan fingerprint density at radius 2 is 2.00 bits per heavy atom. The summed E-state index contributed by atoms with van der Waals surface area (Å²) in [6, 6.07) is 5.73. The molecule has 0 amide bonds. The van der Waals surface area contributed by atoms with Gasteiger partial charge in [-0.05, 0) is 30.8 Å². The van der Waals surface area contributed by atoms with Crippen molar-refractivity contribution >= 4 is 17.3 Å². The molecule has 0 saturated heterocycles. The van der Waals surface area contributed by atoms with E-state index in [0.717, 1.165) is 30.0 Å². The van der Waals surface area contributed by atoms with Crippen molar-refractivity contribution in [2.75, 3.05) is 20.8 Å². The van der Waals surface area contributed by atoms with Gasteiger partial charge in [0.05, 0.1) is 14.2 Å². The molecular formula is C13H20N2O2S. The van der Waals surface area contributed by atoms with Crippen LogP contribution in [0.25, 0.3) is 0 Å². The second-order valence-corrected chi connectivity index (χ2v) is 4.20. The average Bonchev–Trinajstić information content (AvgIpc) is 2.42. The predicted octanol–water partition coefficient (Wildman–Crippen LogP) is 2.08. The van der Waals surface area contributed by atoms with Crippen molar-refractivity contribution in [3.8, 4) is 11.5 Å². The Bertz CT molecular complexity index is 397. The average molecular weight is 268 g/mol. The lowest BCUT2D eigenvalue weighted by Gasteiger charge is -2.13. The second kappa shape index (κ2) is 7.76. The standard InChI is InChI=1S/C13H20N2O2S/c1-4-7-14-13(18)15-9-10-5-6-11(16-2)8-12(10)17-3/h5-6,8H,4,7,9H2,1-3H3,(H2,14,15,18). The largest absolute Gasteiger partial charge is 0.497 e. The van der Waals surface area contributed by atoms with Gasteiger partial charge >= 0.3 is 0 Å². The van der Waals surface area contributed by atoms with Crippen LogP contribution < -0.4 is 20.1 Å². The van der Waals surface area contributed by atoms with Crippen LogP contribution in [0.15, 0.2) is 18.2 Å². The number of hydrogen-bond donors (Lipinski definition) is 2. The Morgan fingerprint density at radius 3 is 2.61 bits per heavy atom. The summed E-state index contributed by atoms with van der Waals surface area (Å²) in [7, 11) is 3.28. The van der Waals surface area contributed by atoms with Gasteiger partial charge < -0.3 is 20.1 Å². The molecule has 0 aliphatic heterocycles. The molecule has 1 aromatic carbocycles. The molecule has 0 radical (unpaired) electrons. The van der Waals surface area contributed by atoms with Gasteiger partial charge in [-0.15, -0.1) is 0 Å². The van der Waals surface area contributed by atoms with Gasteiger partial charge in [-0.1, -0.05) is 6.92 Å². The van der Waals surface area contributed by atoms with E-state index in [2.05, 4.69) is 17.6 Å². The van der Waals surface area contributed by atoms with Crippen LogP contribution in [0.4, 0.5) is 0 Å². The summed E-state index contributed by atoms with van der Waals surface area (Å²) < 4.78 is 10.5. The van der Waals surface area contributed by atoms with E-state index < -0.39 is 0 Å². The van der Waals surface area contributed by atoms with Gasteiger partial charge in [-0.25, -0.2) is 0 Å². The van der Waals surface area contributed by atoms with Crippen molar-refractivity contribution in [1.82, 2.24) is 10.6 Å². The summed E-state index contributed by atoms with van der Waals surface area (Å²) in [5, 5.41) is 6.92. The van der Waals surface area contributed by atoms with Crippen LogP contribution in [0.2, 0.25) is 0 Å². The number of hydrogen-bond acceptors (Lipinski definition) is 3. The molecule has 0 unspecified atom stereocenters. The van der Waals surface area contributed by atoms with E-state index in [1.165, 1.54) is 0 Å². The topological polar surface area (TPSA) is 42.5 Å². The van der Waals surface area contributed by atoms with E-state index >= 15 is 0 Å². The van der Waals surface area contributed by atoms with Crippen molar-refractivity contribution in [2.24, 2.45) is 0 Å². The third-order valence-electron chi connectivity index (χ3n) is 2.47. The molecule has 1 aromatic rings. The lowest BCUT2D eigenvalue weighted by atomic mass is 10.2. The molecule has 100 valence electrons. The summed E-state index contributed by atoms with van der Waals surface area (Å²) in [5.74, 6) is 1.57. The van der Waals surface area contributed by atoms with Gasteiger partial charge in [0.15, 0.2) is 5.11 Å². The summed E-state index contributed by atoms with van der Waals surface area (Å²) in [5.41, 5.74) is 1.04. The fourth-order valence-corrected chi connectivity index (χ4v) is 1.65. The first kappa shape index (κ1) is 14.6. The third kappa shape index (κ3) is 4.41. The minimum Gasteiger partial charge on any atom is -0.497 e. The van der Waals surface area contributed by atoms with Crippen molar-refractivity contribution in [3.05, 3.63) is 23.8 Å². The fourth-order valence-electron chi connectivity index (χ4n) is 1.47. The normalized spacial score (nSPS) is 9.72. The van der Waals surface area contributed by atoms with Crippen LogP contribution in [-0.4, -0.2) is 25.9 Å². The molecule has 0 spiro atoms. The highest BCUT2D eigenvalue weighted by Crippen LogP contribution is 2.24. The van der Waals surface area contributed by atoms with E-state index in [0.29, 0.717) is 11.7 Å². The number of nitrogens with one attached hydrogen (secondary N) is 2. The summed E-state index contributed by atoms with van der Waals surface area (Å²) in [6.07, 6.45) is 1.05. The van der Waals surface area contributed by atoms with Gasteiger partial charge in [0, 0.05) is 24.7 Å². The van der Waals surface area contributed by atoms with Crippen molar-refractivity contribution in [3.63, 3.8) is 0 Å². The highest BCUT2D eigenvalue weighted by Gasteiger charge is 2.05. The van der Waals surface area contributed by atoms with E-state index in [1.54, 1.807) is 14.2 Å². The number of rotatable bonds is 6. The Kier molecular flexibility index (Phi) is 6.28. The Labute approximate surface area is 114 Å². The highest BCUT2D eigenvalue weighted by atomic mass is 32.1. The lowest BCUT2D eigenvalue weighted by molar-refractivity contribution is 0.390. The first-order chi connectivity index (χ1) is 8.71. The van der Waals surface area contributed by atoms with Crippen LogP contribution in [0.3, 0.4) is 0 Å². The van der Waals surface area contributed by atoms with Crippen LogP contribution in [-0.2, 0) is 6.54 Å². The maximum Gasteiger partial charge on any atom is 0.166 e. The van der Waals surface area contributed by atoms with E-state index in [1.807, 2.05) is 18.2 Å². The molecule has 0 fully saturated rings. The van der Waals surface area contributed by atoms with Crippen molar-refractivity contribution in [2.45, 2.75) is 19.9 Å². The minimum atomic E-state index is 0.628. The predicted molar refractivity (Wildman–Crippen MR) is 77.3 cm³/mol. The van der Waals surface area contributed by atoms with E-state index in [-0.39, 0.29) is 0 Å². The van der Waals surface area contributed by atoms with Crippen molar-refractivity contribution in [1.29, 1.82) is 0 Å². The molecule has 0 saturated carbocycles. The molecule has 0 atom stereocenters. The lowest BCUT2D eigenvalue weighted by Crippen LogP contribution is -2.35. The minimum absolute atomic E-state index is 0.628. The molecule has 1 rings (SSSR count). The Morgan fingerprint density at radius 1 is 1.22 bits per heavy atom. The number of ether oxygens (including phenoxy) is 2. The zero-order chi connectivity index (χ0) is 13.4. The number of thiocarbonyl (C=S) groups is 1. The van der Waals surface area contributed by atoms with E-state index in [4.69, 9.17) is 21.7 Å². The van der Waals surface area contributed by atoms with Crippen LogP contribution in [0, 0.1) is 0 Å². The fraction of sp³-hybridized carbons (Fsp3) is 0.462. The molecule has 0 aromatic heterocycles. The molecule has 0 bridgehead atoms. The van der Waals surface area contributed by atoms with Gasteiger partial charge in [0.25, 0.3) is 0 Å². The zero-order valence-electron chi connectivity index (χ0n) is 11.1. The number of benzene rings is 1. The monoisotopic (exact) mass is 268 g/mol. The molecule has 0 heterocycles. The molecule has 5 heteroatoms. The van der Waals surface area contributed by atoms with E-state index in [9.17, 15) is 0 Å². The molecule has 0 aliphatic carbocycles. The van der Waals surface area contributed by atoms with Crippen molar-refractivity contribution < 1.29 is 9.47 Å². The number of methoxy groups -OCH3 is 2. The highest BCUT2D eigenvalue weighted by molar-refractivity contribution is 7.80. The molecular weight excluding hydrogens is 248 g/mol. The Balaban J connectivity index is 2.58. The third-order valence-corrected chi connectivity index (χ3v) is 2.76. The summed E-state index contributed by atoms with van der Waals surface area (Å²) in [6.45, 7) is 3.61. The molecule has 0 aliphatic rings. The second-order valence-electron chi connectivity index (χ2n) is 3.79. The summed E-state index contributed by atoms with van der Waals surface area (Å²) in [4.78, 5) is 0. The van der Waals surface area contributed by atoms with Crippen LogP contribution in [0.5, 0.6) is 11.5 Å². The maximum absolute atomic E-state index is 5.32. The van der Waals surface area contributed by atoms with Gasteiger partial charge in [0.1, 0.15) is 11.5 Å². The van der Waals surface area contributed by atoms with Gasteiger partial charge in [0.2, 0.25) is 0 Å². The SMILES string of the molecule is CCCNC(=S)NCc1ccc(OC)cc1OC. The Hall–Kier alpha value is -1.49. The first-order valence-corrected chi connectivity index (χ1v) is 6.34. The molecule has 18 heavy (non-hydrogen) atoms. The smallest absolute Gasteiger partial charge is 0.166 e. The van der Waals surface area contributed by atoms with Crippen LogP contribution in [0.1, 0.15) is 18.9 Å². The zero-order valence-corrected chi connectivity index (χ0v) is 11.9. The molecule has 4 nitrogen and oxygen atoms in total. The molecule has 2 N–H and O–H groups in total. The van der Waals surface area contributed by atoms with Crippen LogP contribution >= 0.6 is 12.2 Å². The quantitative estimate of drug-likeness (QED) is 0.773. The summed E-state index contributed by atoms with van der Waals surface area (Å²) >= 11 is 5.16. The first-order valence-electron chi connectivity index (χ1n) is 5.93. The van der Waals surface area contributed by atoms with Gasteiger partial charge in [-0.3, -0.25) is 0 Å². The maximum atomic E-state index is 5.32.